The van der Waals surface area contributed by atoms with E-state index in [4.69, 9.17) is 4.43 Å². The summed E-state index contributed by atoms with van der Waals surface area (Å²) in [5.41, 5.74) is 0. The Morgan fingerprint density at radius 2 is 1.92 bits per heavy atom. The molecule has 0 saturated heterocycles. The second kappa shape index (κ2) is 8.72. The van der Waals surface area contributed by atoms with E-state index in [0.717, 1.165) is 6.54 Å². The van der Waals surface area contributed by atoms with Gasteiger partial charge in [-0.3, -0.25) is 0 Å². The van der Waals surface area contributed by atoms with Gasteiger partial charge in [-0.25, -0.2) is 0 Å². The van der Waals surface area contributed by atoms with E-state index in [9.17, 15) is 0 Å². The molecule has 1 unspecified atom stereocenters. The summed E-state index contributed by atoms with van der Waals surface area (Å²) in [4.78, 5) is 3.57. The van der Waals surface area contributed by atoms with E-state index in [-0.39, 0.29) is 0 Å². The number of hydrogen-bond acceptors (Lipinski definition) is 2. The maximum Gasteiger partial charge on any atom is 0.252 e. The average molecular weight is 203 g/mol. The molecule has 80 valence electrons. The maximum absolute atomic E-state index is 5.87. The lowest BCUT2D eigenvalue weighted by atomic mass is 10.3. The van der Waals surface area contributed by atoms with E-state index in [1.165, 1.54) is 25.3 Å². The Kier molecular flexibility index (Phi) is 8.81. The van der Waals surface area contributed by atoms with E-state index in [1.54, 1.807) is 0 Å². The van der Waals surface area contributed by atoms with Crippen LogP contribution in [0.4, 0.5) is 0 Å². The van der Waals surface area contributed by atoms with Gasteiger partial charge in [-0.1, -0.05) is 26.7 Å². The largest absolute Gasteiger partial charge is 0.403 e. The molecule has 0 aliphatic carbocycles. The Labute approximate surface area is 84.9 Å². The number of hydrogen-bond donors (Lipinski definition) is 1. The predicted molar refractivity (Wildman–Crippen MR) is 61.4 cm³/mol. The molecule has 0 saturated carbocycles. The minimum atomic E-state index is -1.07. The van der Waals surface area contributed by atoms with Crippen LogP contribution in [0.15, 0.2) is 0 Å². The van der Waals surface area contributed by atoms with E-state index in [2.05, 4.69) is 32.7 Å². The fraction of sp³-hybridized carbons (Fsp3) is 1.00. The summed E-state index contributed by atoms with van der Waals surface area (Å²) in [5, 5.41) is 0. The summed E-state index contributed by atoms with van der Waals surface area (Å²) in [6.07, 6.45) is 4.16. The average Bonchev–Trinajstić information content (AvgIpc) is 2.04. The van der Waals surface area contributed by atoms with Gasteiger partial charge in [0.05, 0.1) is 0 Å². The molecule has 0 heterocycles. The van der Waals surface area contributed by atoms with Crippen LogP contribution in [0.2, 0.25) is 6.04 Å². The van der Waals surface area contributed by atoms with Crippen molar-refractivity contribution in [3.8, 4) is 0 Å². The van der Waals surface area contributed by atoms with E-state index in [0.29, 0.717) is 6.10 Å². The van der Waals surface area contributed by atoms with Crippen molar-refractivity contribution >= 4 is 9.20 Å². The smallest absolute Gasteiger partial charge is 0.252 e. The molecule has 0 radical (unpaired) electrons. The van der Waals surface area contributed by atoms with Crippen LogP contribution < -0.4 is 4.98 Å². The Balaban J connectivity index is 3.53. The number of unbranched alkanes of at least 4 members (excludes halogenated alkanes) is 1. The van der Waals surface area contributed by atoms with Crippen LogP contribution in [0, 0.1) is 0 Å². The SMILES string of the molecule is CCCCN[SiH](CCC)OC(C)C. The zero-order valence-corrected chi connectivity index (χ0v) is 10.8. The summed E-state index contributed by atoms with van der Waals surface area (Å²) in [6, 6.07) is 1.25. The normalized spacial score (nSPS) is 13.6. The van der Waals surface area contributed by atoms with Crippen molar-refractivity contribution in [1.29, 1.82) is 0 Å². The van der Waals surface area contributed by atoms with Crippen LogP contribution >= 0.6 is 0 Å². The first-order valence-electron chi connectivity index (χ1n) is 5.59. The fourth-order valence-corrected chi connectivity index (χ4v) is 3.39. The van der Waals surface area contributed by atoms with Crippen LogP contribution in [0.5, 0.6) is 0 Å². The molecule has 2 nitrogen and oxygen atoms in total. The zero-order chi connectivity index (χ0) is 10.1. The van der Waals surface area contributed by atoms with Gasteiger partial charge in [0.15, 0.2) is 0 Å². The third-order valence-corrected chi connectivity index (χ3v) is 4.61. The summed E-state index contributed by atoms with van der Waals surface area (Å²) in [5.74, 6) is 0. The molecule has 0 aromatic carbocycles. The second-order valence-electron chi connectivity index (χ2n) is 3.77. The standard InChI is InChI=1S/C10H25NOSi/c1-5-7-8-11-13(9-6-2)12-10(3)4/h10-11,13H,5-9H2,1-4H3. The molecule has 0 aromatic heterocycles. The molecule has 1 atom stereocenters. The van der Waals surface area contributed by atoms with Crippen LogP contribution in [0.25, 0.3) is 0 Å². The van der Waals surface area contributed by atoms with Gasteiger partial charge in [-0.2, -0.15) is 0 Å². The summed E-state index contributed by atoms with van der Waals surface area (Å²) in [6.45, 7) is 9.83. The van der Waals surface area contributed by atoms with Gasteiger partial charge < -0.3 is 9.41 Å². The van der Waals surface area contributed by atoms with Gasteiger partial charge >= 0.3 is 0 Å². The van der Waals surface area contributed by atoms with Gasteiger partial charge in [0.1, 0.15) is 0 Å². The third kappa shape index (κ3) is 8.47. The minimum Gasteiger partial charge on any atom is -0.403 e. The van der Waals surface area contributed by atoms with Crippen molar-refractivity contribution in [1.82, 2.24) is 4.98 Å². The molecule has 0 amide bonds. The molecular weight excluding hydrogens is 178 g/mol. The zero-order valence-electron chi connectivity index (χ0n) is 9.60. The van der Waals surface area contributed by atoms with E-state index < -0.39 is 9.20 Å². The topological polar surface area (TPSA) is 21.3 Å². The highest BCUT2D eigenvalue weighted by Crippen LogP contribution is 2.00. The molecule has 0 aliphatic rings. The molecule has 0 spiro atoms. The fourth-order valence-electron chi connectivity index (χ4n) is 1.25. The van der Waals surface area contributed by atoms with Gasteiger partial charge in [0, 0.05) is 6.10 Å². The van der Waals surface area contributed by atoms with Crippen molar-refractivity contribution in [2.75, 3.05) is 6.54 Å². The monoisotopic (exact) mass is 203 g/mol. The van der Waals surface area contributed by atoms with Crippen LogP contribution in [-0.4, -0.2) is 21.9 Å². The molecule has 0 aromatic rings. The van der Waals surface area contributed by atoms with Gasteiger partial charge in [0.25, 0.3) is 9.20 Å². The van der Waals surface area contributed by atoms with Crippen molar-refractivity contribution in [3.05, 3.63) is 0 Å². The molecule has 0 aliphatic heterocycles. The highest BCUT2D eigenvalue weighted by atomic mass is 28.3. The van der Waals surface area contributed by atoms with Crippen molar-refractivity contribution in [3.63, 3.8) is 0 Å². The molecule has 0 bridgehead atoms. The Morgan fingerprint density at radius 3 is 2.38 bits per heavy atom. The van der Waals surface area contributed by atoms with Crippen molar-refractivity contribution in [2.24, 2.45) is 0 Å². The van der Waals surface area contributed by atoms with Crippen LogP contribution in [0.1, 0.15) is 47.0 Å². The lowest BCUT2D eigenvalue weighted by Gasteiger charge is -2.19. The Morgan fingerprint density at radius 1 is 1.23 bits per heavy atom. The minimum absolute atomic E-state index is 0.386. The molecule has 1 N–H and O–H groups in total. The third-order valence-electron chi connectivity index (χ3n) is 1.89. The van der Waals surface area contributed by atoms with Crippen LogP contribution in [0.3, 0.4) is 0 Å². The molecule has 3 heteroatoms. The van der Waals surface area contributed by atoms with Gasteiger partial charge in [-0.05, 0) is 32.9 Å². The first kappa shape index (κ1) is 13.1. The number of rotatable bonds is 8. The maximum atomic E-state index is 5.87. The summed E-state index contributed by atoms with van der Waals surface area (Å²) >= 11 is 0. The molecular formula is C10H25NOSi. The van der Waals surface area contributed by atoms with Crippen molar-refractivity contribution in [2.45, 2.75) is 59.1 Å². The van der Waals surface area contributed by atoms with E-state index in [1.807, 2.05) is 0 Å². The summed E-state index contributed by atoms with van der Waals surface area (Å²) in [7, 11) is -1.07. The Bertz CT molecular complexity index is 109. The first-order valence-corrected chi connectivity index (χ1v) is 7.46. The Hall–Kier alpha value is 0.137. The molecule has 0 fully saturated rings. The van der Waals surface area contributed by atoms with Crippen LogP contribution in [-0.2, 0) is 4.43 Å². The lowest BCUT2D eigenvalue weighted by Crippen LogP contribution is -2.39. The molecule has 0 rings (SSSR count). The van der Waals surface area contributed by atoms with E-state index >= 15 is 0 Å². The lowest BCUT2D eigenvalue weighted by molar-refractivity contribution is 0.235. The summed E-state index contributed by atoms with van der Waals surface area (Å²) < 4.78 is 5.87. The highest BCUT2D eigenvalue weighted by molar-refractivity contribution is 6.48. The van der Waals surface area contributed by atoms with Crippen molar-refractivity contribution < 1.29 is 4.43 Å². The molecule has 13 heavy (non-hydrogen) atoms. The number of nitrogens with one attached hydrogen (secondary N) is 1. The second-order valence-corrected chi connectivity index (χ2v) is 6.00. The quantitative estimate of drug-likeness (QED) is 0.483. The predicted octanol–water partition coefficient (Wildman–Crippen LogP) is 2.43. The first-order chi connectivity index (χ1) is 6.20. The highest BCUT2D eigenvalue weighted by Gasteiger charge is 2.11. The van der Waals surface area contributed by atoms with Gasteiger partial charge in [-0.15, -0.1) is 0 Å². The van der Waals surface area contributed by atoms with Gasteiger partial charge in [0.2, 0.25) is 0 Å².